The molecule has 3 aliphatic carbocycles. The number of hydrogen-bond donors (Lipinski definition) is 16. The van der Waals surface area contributed by atoms with Gasteiger partial charge in [-0.05, 0) is 190 Å². The molecule has 26 nitrogen and oxygen atoms in total. The SMILES string of the molecule is CC1(O)CC(Nc2cc(N)nc3cc(-c4ccn[nH]4)sc23)C1.Cc1cc(CCCCO)c2sc(-c3ccn[nH]3)cc2n1.Cc1cc(NCC(C)(C)O)c2sc(-c3ccn[nH]3)cc2n1.Cc1cc(N[C@H]2CC[C@H](O)C2)c2sc(-c3ccn[nH]3)cc2n1.Nc1cc(NC2CC(O)C2)c2sc(-c3ccn[nH]3)cc2n1. The van der Waals surface area contributed by atoms with Crippen LogP contribution >= 0.6 is 56.7 Å². The summed E-state index contributed by atoms with van der Waals surface area (Å²) in [6.45, 7) is 12.2. The van der Waals surface area contributed by atoms with E-state index < -0.39 is 11.2 Å². The smallest absolute Gasteiger partial charge is 0.126 e. The van der Waals surface area contributed by atoms with Crippen LogP contribution in [0.4, 0.5) is 34.4 Å². The number of aliphatic hydroxyl groups is 5. The standard InChI is InChI=1S/C16H18N4OS.C15H17N5OS.C15H18N4OS.C15H17N3OS.C14H15N5OS/c1-9-6-13(19-10-2-3-11(21)7-10)16-14(18-9)8-15(22-16)12-4-5-17-20-12;1-15(21)6-8(7-15)18-11-5-13(16)19-10-4-12(22-14(10)11)9-2-3-17-20-9;1-9-6-11(16-8-15(2,3)20)14-12(18-9)7-13(21-14)10-4-5-17-19-10;1-10-8-11(4-2-3-7-19)15-13(17-10)9-14(20-15)12-5-6-16-18-12;15-13-6-11(17-7-3-8(20)4-7)14-10(18-13)5-12(21-14)9-1-2-16-19-9/h4-6,8,10-11,21H,2-3,7H2,1H3,(H,17,20)(H,18,19);2-5,8,21H,6-7H2,1H3,(H,17,20)(H3,16,18,19);4-7,20H,8H2,1-3H3,(H,16,18)(H,17,19);5-6,8-9,19H,2-4,7H2,1H3,(H,16,18);1-2,5-8,20H,3-4H2,(H,16,19)(H3,15,17,18)/t10-,11-;;;;/m0..../s1. The van der Waals surface area contributed by atoms with Gasteiger partial charge in [-0.1, -0.05) is 0 Å². The minimum Gasteiger partial charge on any atom is -0.396 e. The molecule has 0 radical (unpaired) electrons. The summed E-state index contributed by atoms with van der Waals surface area (Å²) in [4.78, 5) is 28.2. The highest BCUT2D eigenvalue weighted by molar-refractivity contribution is 7.24. The van der Waals surface area contributed by atoms with E-state index in [1.165, 1.54) is 15.1 Å². The summed E-state index contributed by atoms with van der Waals surface area (Å²) in [6, 6.07) is 31.0. The number of H-pyrrole nitrogens is 5. The highest BCUT2D eigenvalue weighted by Gasteiger charge is 2.39. The maximum absolute atomic E-state index is 9.89. The minimum absolute atomic E-state index is 0.167. The third kappa shape index (κ3) is 17.7. The van der Waals surface area contributed by atoms with E-state index in [-0.39, 0.29) is 24.9 Å². The average molecular weight is 1520 g/mol. The van der Waals surface area contributed by atoms with Gasteiger partial charge in [0.05, 0.1) is 150 Å². The fourth-order valence-electron chi connectivity index (χ4n) is 13.2. The monoisotopic (exact) mass is 1520 g/mol. The normalized spacial score (nSPS) is 18.3. The van der Waals surface area contributed by atoms with Gasteiger partial charge in [0, 0.05) is 91.5 Å². The molecule has 18 N–H and O–H groups in total. The third-order valence-corrected chi connectivity index (χ3v) is 24.3. The van der Waals surface area contributed by atoms with Crippen LogP contribution in [-0.2, 0) is 6.42 Å². The van der Waals surface area contributed by atoms with Crippen molar-refractivity contribution in [1.29, 1.82) is 0 Å². The molecule has 0 aliphatic heterocycles. The molecule has 0 amide bonds. The first kappa shape index (κ1) is 73.1. The Labute approximate surface area is 630 Å². The van der Waals surface area contributed by atoms with Crippen LogP contribution < -0.4 is 32.7 Å². The Balaban J connectivity index is 0.000000111. The Morgan fingerprint density at radius 1 is 0.472 bits per heavy atom. The van der Waals surface area contributed by atoms with Gasteiger partial charge in [-0.3, -0.25) is 40.4 Å². The number of rotatable bonds is 18. The van der Waals surface area contributed by atoms with Crippen molar-refractivity contribution in [3.63, 3.8) is 0 Å². The van der Waals surface area contributed by atoms with Crippen LogP contribution in [0.25, 0.3) is 104 Å². The Kier molecular flexibility index (Phi) is 21.9. The summed E-state index contributed by atoms with van der Waals surface area (Å²) in [7, 11) is 0. The number of aromatic amines is 5. The summed E-state index contributed by atoms with van der Waals surface area (Å²) in [5, 5.41) is 96.6. The molecule has 0 unspecified atom stereocenters. The molecule has 0 aromatic carbocycles. The largest absolute Gasteiger partial charge is 0.396 e. The number of thiophene rings is 5. The summed E-state index contributed by atoms with van der Waals surface area (Å²) in [5.41, 5.74) is 28.7. The van der Waals surface area contributed by atoms with E-state index >= 15 is 0 Å². The Morgan fingerprint density at radius 2 is 0.840 bits per heavy atom. The van der Waals surface area contributed by atoms with Crippen LogP contribution in [0.1, 0.15) is 101 Å². The van der Waals surface area contributed by atoms with Crippen LogP contribution in [0.3, 0.4) is 0 Å². The molecule has 0 spiro atoms. The molecule has 3 saturated carbocycles. The topological polar surface area (TPSA) is 409 Å². The van der Waals surface area contributed by atoms with Crippen LogP contribution in [0, 0.1) is 20.8 Å². The number of pyridine rings is 5. The molecule has 106 heavy (non-hydrogen) atoms. The molecular weight excluding hydrogens is 1440 g/mol. The fraction of sp³-hybridized carbons (Fsp3) is 0.333. The van der Waals surface area contributed by atoms with Gasteiger partial charge in [0.25, 0.3) is 0 Å². The Bertz CT molecular complexity index is 5400. The van der Waals surface area contributed by atoms with Crippen LogP contribution in [0.2, 0.25) is 0 Å². The first-order chi connectivity index (χ1) is 51.1. The van der Waals surface area contributed by atoms with Crippen molar-refractivity contribution >= 4 is 142 Å². The highest BCUT2D eigenvalue weighted by atomic mass is 32.1. The van der Waals surface area contributed by atoms with Gasteiger partial charge in [0.2, 0.25) is 0 Å². The van der Waals surface area contributed by atoms with Gasteiger partial charge in [0.15, 0.2) is 0 Å². The van der Waals surface area contributed by atoms with E-state index in [0.29, 0.717) is 30.3 Å². The van der Waals surface area contributed by atoms with Crippen molar-refractivity contribution in [2.75, 3.05) is 45.9 Å². The zero-order valence-electron chi connectivity index (χ0n) is 59.3. The van der Waals surface area contributed by atoms with Crippen LogP contribution in [0.15, 0.2) is 122 Å². The van der Waals surface area contributed by atoms with Crippen LogP contribution in [-0.4, -0.2) is 156 Å². The van der Waals surface area contributed by atoms with Crippen molar-refractivity contribution in [2.24, 2.45) is 0 Å². The fourth-order valence-corrected chi connectivity index (χ4v) is 18.5. The van der Waals surface area contributed by atoms with Gasteiger partial charge in [-0.15, -0.1) is 56.7 Å². The molecule has 15 aromatic heterocycles. The van der Waals surface area contributed by atoms with Crippen LogP contribution in [0.5, 0.6) is 0 Å². The number of aromatic nitrogens is 15. The van der Waals surface area contributed by atoms with Crippen molar-refractivity contribution < 1.29 is 25.5 Å². The number of aryl methyl sites for hydroxylation is 4. The third-order valence-electron chi connectivity index (χ3n) is 18.3. The number of unbranched alkanes of at least 4 members (excludes halogenated alkanes) is 1. The Hall–Kier alpha value is -9.80. The number of hydrogen-bond acceptors (Lipinski definition) is 26. The minimum atomic E-state index is -0.757. The second kappa shape index (κ2) is 31.7. The number of nitrogens with one attached hydrogen (secondary N) is 9. The lowest BCUT2D eigenvalue weighted by Crippen LogP contribution is -2.48. The summed E-state index contributed by atoms with van der Waals surface area (Å²) in [5.74, 6) is 0.994. The van der Waals surface area contributed by atoms with E-state index in [0.717, 1.165) is 198 Å². The van der Waals surface area contributed by atoms with E-state index in [9.17, 15) is 20.4 Å². The summed E-state index contributed by atoms with van der Waals surface area (Å²) < 4.78 is 5.66. The van der Waals surface area contributed by atoms with Gasteiger partial charge < -0.3 is 58.3 Å². The van der Waals surface area contributed by atoms with Gasteiger partial charge in [-0.25, -0.2) is 9.97 Å². The van der Waals surface area contributed by atoms with Crippen molar-refractivity contribution in [1.82, 2.24) is 75.9 Å². The number of nitrogens with zero attached hydrogens (tertiary/aromatic N) is 10. The van der Waals surface area contributed by atoms with Gasteiger partial charge >= 0.3 is 0 Å². The second-order valence-corrected chi connectivity index (χ2v) is 33.3. The highest BCUT2D eigenvalue weighted by Crippen LogP contribution is 2.44. The molecule has 550 valence electrons. The molecule has 31 heteroatoms. The predicted molar refractivity (Wildman–Crippen MR) is 431 cm³/mol. The van der Waals surface area contributed by atoms with E-state index in [1.807, 2.05) is 88.4 Å². The van der Waals surface area contributed by atoms with E-state index in [4.69, 9.17) is 16.6 Å². The molecule has 15 aromatic rings. The van der Waals surface area contributed by atoms with Crippen molar-refractivity contribution in [3.05, 3.63) is 145 Å². The number of fused-ring (bicyclic) bond motifs is 5. The van der Waals surface area contributed by atoms with Crippen molar-refractivity contribution in [3.8, 4) is 52.9 Å². The van der Waals surface area contributed by atoms with E-state index in [2.05, 4.69) is 128 Å². The molecular formula is C75H85N21O5S5. The maximum atomic E-state index is 9.89. The predicted octanol–water partition coefficient (Wildman–Crippen LogP) is 14.6. The Morgan fingerprint density at radius 3 is 1.23 bits per heavy atom. The molecule has 0 bridgehead atoms. The zero-order valence-corrected chi connectivity index (χ0v) is 63.4. The van der Waals surface area contributed by atoms with Crippen molar-refractivity contribution in [2.45, 2.75) is 147 Å². The summed E-state index contributed by atoms with van der Waals surface area (Å²) in [6.07, 6.45) is 17.0. The first-order valence-corrected chi connectivity index (χ1v) is 39.2. The zero-order chi connectivity index (χ0) is 73.8. The number of nitrogen functional groups attached to an aromatic ring is 2. The number of nitrogens with two attached hydrogens (primary N) is 2. The molecule has 3 aliphatic rings. The quantitative estimate of drug-likeness (QED) is 0.0355. The average Bonchev–Trinajstić information content (AvgIpc) is 1.55. The molecule has 15 heterocycles. The lowest BCUT2D eigenvalue weighted by Gasteiger charge is -2.41. The second-order valence-electron chi connectivity index (χ2n) is 28.1. The lowest BCUT2D eigenvalue weighted by atomic mass is 9.77. The molecule has 0 saturated heterocycles. The van der Waals surface area contributed by atoms with Gasteiger partial charge in [-0.2, -0.15) is 25.5 Å². The number of aliphatic hydroxyl groups excluding tert-OH is 3. The number of anilines is 6. The summed E-state index contributed by atoms with van der Waals surface area (Å²) >= 11 is 8.44. The first-order valence-electron chi connectivity index (χ1n) is 35.1. The maximum Gasteiger partial charge on any atom is 0.126 e. The van der Waals surface area contributed by atoms with Gasteiger partial charge in [0.1, 0.15) is 11.6 Å². The lowest BCUT2D eigenvalue weighted by molar-refractivity contribution is -0.0234. The molecule has 18 rings (SSSR count). The molecule has 3 fully saturated rings. The molecule has 2 atom stereocenters. The van der Waals surface area contributed by atoms with E-state index in [1.54, 1.807) is 102 Å².